The molecule has 1 aromatic heterocycles. The van der Waals surface area contributed by atoms with Gasteiger partial charge in [-0.2, -0.15) is 5.26 Å². The van der Waals surface area contributed by atoms with Crippen LogP contribution < -0.4 is 10.1 Å². The van der Waals surface area contributed by atoms with E-state index in [4.69, 9.17) is 14.7 Å². The Balaban J connectivity index is 1.78. The van der Waals surface area contributed by atoms with Gasteiger partial charge in [0.1, 0.15) is 12.0 Å². The van der Waals surface area contributed by atoms with Gasteiger partial charge < -0.3 is 19.3 Å². The van der Waals surface area contributed by atoms with E-state index in [0.717, 1.165) is 0 Å². The van der Waals surface area contributed by atoms with Gasteiger partial charge in [0, 0.05) is 6.07 Å². The van der Waals surface area contributed by atoms with Crippen molar-refractivity contribution in [3.63, 3.8) is 0 Å². The quantitative estimate of drug-likeness (QED) is 0.803. The summed E-state index contributed by atoms with van der Waals surface area (Å²) >= 11 is 0. The summed E-state index contributed by atoms with van der Waals surface area (Å²) in [7, 11) is 0. The molecule has 1 heterocycles. The molecule has 0 bridgehead atoms. The van der Waals surface area contributed by atoms with Gasteiger partial charge in [-0.1, -0.05) is 5.16 Å². The van der Waals surface area contributed by atoms with Crippen molar-refractivity contribution in [3.05, 3.63) is 42.2 Å². The van der Waals surface area contributed by atoms with E-state index in [2.05, 4.69) is 15.0 Å². The van der Waals surface area contributed by atoms with E-state index in [1.165, 1.54) is 19.3 Å². The highest BCUT2D eigenvalue weighted by molar-refractivity contribution is 5.92. The molecular weight excluding hydrogens is 302 g/mol. The molecule has 0 aliphatic heterocycles. The van der Waals surface area contributed by atoms with E-state index in [1.807, 2.05) is 6.07 Å². The van der Waals surface area contributed by atoms with Crippen LogP contribution in [0.3, 0.4) is 0 Å². The number of nitrogens with one attached hydrogen (secondary N) is 1. The molecule has 0 aliphatic rings. The first-order chi connectivity index (χ1) is 11.1. The van der Waals surface area contributed by atoms with E-state index in [0.29, 0.717) is 11.3 Å². The number of amides is 1. The minimum atomic E-state index is -0.900. The first-order valence-corrected chi connectivity index (χ1v) is 6.62. The van der Waals surface area contributed by atoms with Crippen LogP contribution in [0.5, 0.6) is 5.75 Å². The SMILES string of the molecule is CC(Oc1ccc(C#N)cc1)C(=O)OCC(=O)Nc1ccon1. The minimum Gasteiger partial charge on any atom is -0.479 e. The van der Waals surface area contributed by atoms with Crippen molar-refractivity contribution >= 4 is 17.7 Å². The molecule has 0 radical (unpaired) electrons. The fourth-order valence-corrected chi connectivity index (χ4v) is 1.57. The maximum Gasteiger partial charge on any atom is 0.347 e. The normalized spacial score (nSPS) is 11.1. The second-order valence-corrected chi connectivity index (χ2v) is 4.44. The zero-order valence-corrected chi connectivity index (χ0v) is 12.2. The maximum atomic E-state index is 11.8. The third-order valence-corrected chi connectivity index (χ3v) is 2.68. The molecule has 2 rings (SSSR count). The van der Waals surface area contributed by atoms with E-state index in [-0.39, 0.29) is 5.82 Å². The second kappa shape index (κ2) is 7.61. The van der Waals surface area contributed by atoms with Gasteiger partial charge in [0.05, 0.1) is 11.6 Å². The van der Waals surface area contributed by atoms with Gasteiger partial charge >= 0.3 is 5.97 Å². The Kier molecular flexibility index (Phi) is 5.30. The Morgan fingerprint density at radius 1 is 1.35 bits per heavy atom. The number of hydrogen-bond donors (Lipinski definition) is 1. The first kappa shape index (κ1) is 16.0. The molecular formula is C15H13N3O5. The molecule has 0 aliphatic carbocycles. The van der Waals surface area contributed by atoms with Crippen molar-refractivity contribution < 1.29 is 23.6 Å². The Hall–Kier alpha value is -3.34. The van der Waals surface area contributed by atoms with Crippen LogP contribution in [0.15, 0.2) is 41.1 Å². The largest absolute Gasteiger partial charge is 0.479 e. The smallest absolute Gasteiger partial charge is 0.347 e. The predicted octanol–water partition coefficient (Wildman–Crippen LogP) is 1.50. The van der Waals surface area contributed by atoms with Crippen LogP contribution in [0.25, 0.3) is 0 Å². The third-order valence-electron chi connectivity index (χ3n) is 2.68. The fourth-order valence-electron chi connectivity index (χ4n) is 1.57. The van der Waals surface area contributed by atoms with Gasteiger partial charge in [-0.3, -0.25) is 4.79 Å². The summed E-state index contributed by atoms with van der Waals surface area (Å²) in [6, 6.07) is 9.71. The molecule has 118 valence electrons. The lowest BCUT2D eigenvalue weighted by atomic mass is 10.2. The average Bonchev–Trinajstić information content (AvgIpc) is 3.06. The lowest BCUT2D eigenvalue weighted by Gasteiger charge is -2.13. The molecule has 8 nitrogen and oxygen atoms in total. The average molecular weight is 315 g/mol. The van der Waals surface area contributed by atoms with Crippen molar-refractivity contribution in [1.29, 1.82) is 5.26 Å². The zero-order chi connectivity index (χ0) is 16.7. The number of carbonyl (C=O) groups excluding carboxylic acids is 2. The van der Waals surface area contributed by atoms with E-state index in [1.54, 1.807) is 24.3 Å². The summed E-state index contributed by atoms with van der Waals surface area (Å²) in [5.74, 6) is -0.587. The van der Waals surface area contributed by atoms with E-state index in [9.17, 15) is 9.59 Å². The number of esters is 1. The summed E-state index contributed by atoms with van der Waals surface area (Å²) in [5.41, 5.74) is 0.483. The van der Waals surface area contributed by atoms with Crippen molar-refractivity contribution in [3.8, 4) is 11.8 Å². The molecule has 2 aromatic rings. The molecule has 1 atom stereocenters. The first-order valence-electron chi connectivity index (χ1n) is 6.62. The molecule has 0 spiro atoms. The Bertz CT molecular complexity index is 704. The summed E-state index contributed by atoms with van der Waals surface area (Å²) < 4.78 is 14.8. The lowest BCUT2D eigenvalue weighted by Crippen LogP contribution is -2.29. The highest BCUT2D eigenvalue weighted by atomic mass is 16.6. The van der Waals surface area contributed by atoms with Gasteiger partial charge in [-0.05, 0) is 31.2 Å². The standard InChI is InChI=1S/C15H13N3O5/c1-10(23-12-4-2-11(8-16)3-5-12)15(20)21-9-14(19)17-13-6-7-22-18-13/h2-7,10H,9H2,1H3,(H,17,18,19). The van der Waals surface area contributed by atoms with Crippen LogP contribution in [0, 0.1) is 11.3 Å². The maximum absolute atomic E-state index is 11.8. The van der Waals surface area contributed by atoms with Gasteiger partial charge in [-0.15, -0.1) is 0 Å². The van der Waals surface area contributed by atoms with Crippen molar-refractivity contribution in [2.24, 2.45) is 0 Å². The molecule has 1 aromatic carbocycles. The van der Waals surface area contributed by atoms with Crippen LogP contribution in [-0.2, 0) is 14.3 Å². The molecule has 23 heavy (non-hydrogen) atoms. The van der Waals surface area contributed by atoms with Gasteiger partial charge in [-0.25, -0.2) is 4.79 Å². The van der Waals surface area contributed by atoms with E-state index >= 15 is 0 Å². The summed E-state index contributed by atoms with van der Waals surface area (Å²) in [6.45, 7) is 1.03. The second-order valence-electron chi connectivity index (χ2n) is 4.44. The van der Waals surface area contributed by atoms with Gasteiger partial charge in [0.15, 0.2) is 18.5 Å². The van der Waals surface area contributed by atoms with Crippen LogP contribution in [0.4, 0.5) is 5.82 Å². The molecule has 1 N–H and O–H groups in total. The number of nitriles is 1. The monoisotopic (exact) mass is 315 g/mol. The Morgan fingerprint density at radius 3 is 2.70 bits per heavy atom. The number of benzene rings is 1. The Labute approximate surface area is 131 Å². The lowest BCUT2D eigenvalue weighted by molar-refractivity contribution is -0.153. The third kappa shape index (κ3) is 4.86. The van der Waals surface area contributed by atoms with Crippen molar-refractivity contribution in [2.45, 2.75) is 13.0 Å². The molecule has 0 saturated heterocycles. The topological polar surface area (TPSA) is 114 Å². The number of ether oxygens (including phenoxy) is 2. The van der Waals surface area contributed by atoms with Gasteiger partial charge in [0.2, 0.25) is 0 Å². The predicted molar refractivity (Wildman–Crippen MR) is 77.3 cm³/mol. The summed E-state index contributed by atoms with van der Waals surface area (Å²) in [6.07, 6.45) is 0.401. The summed E-state index contributed by atoms with van der Waals surface area (Å²) in [5, 5.41) is 14.6. The number of carbonyl (C=O) groups is 2. The highest BCUT2D eigenvalue weighted by Gasteiger charge is 2.18. The molecule has 0 fully saturated rings. The number of aromatic nitrogens is 1. The number of nitrogens with zero attached hydrogens (tertiary/aromatic N) is 2. The number of anilines is 1. The molecule has 1 amide bonds. The van der Waals surface area contributed by atoms with Crippen LogP contribution >= 0.6 is 0 Å². The molecule has 1 unspecified atom stereocenters. The van der Waals surface area contributed by atoms with Crippen molar-refractivity contribution in [2.75, 3.05) is 11.9 Å². The summed E-state index contributed by atoms with van der Waals surface area (Å²) in [4.78, 5) is 23.3. The van der Waals surface area contributed by atoms with Crippen molar-refractivity contribution in [1.82, 2.24) is 5.16 Å². The Morgan fingerprint density at radius 2 is 2.09 bits per heavy atom. The minimum absolute atomic E-state index is 0.230. The van der Waals surface area contributed by atoms with Crippen LogP contribution in [-0.4, -0.2) is 29.7 Å². The van der Waals surface area contributed by atoms with Crippen LogP contribution in [0.1, 0.15) is 12.5 Å². The molecule has 8 heteroatoms. The fraction of sp³-hybridized carbons (Fsp3) is 0.200. The zero-order valence-electron chi connectivity index (χ0n) is 12.2. The van der Waals surface area contributed by atoms with Gasteiger partial charge in [0.25, 0.3) is 5.91 Å². The number of hydrogen-bond acceptors (Lipinski definition) is 7. The van der Waals surface area contributed by atoms with E-state index < -0.39 is 24.6 Å². The number of rotatable bonds is 6. The molecule has 0 saturated carbocycles. The highest BCUT2D eigenvalue weighted by Crippen LogP contribution is 2.14. The van der Waals surface area contributed by atoms with Crippen LogP contribution in [0.2, 0.25) is 0 Å².